The van der Waals surface area contributed by atoms with Crippen LogP contribution in [-0.2, 0) is 13.0 Å². The van der Waals surface area contributed by atoms with Crippen LogP contribution >= 0.6 is 11.5 Å². The van der Waals surface area contributed by atoms with Crippen LogP contribution in [0.25, 0.3) is 12.2 Å². The molecule has 0 radical (unpaired) electrons. The standard InChI is InChI=1S/C23H36N6S/c1-5-7-13-21-19(3)24-26-29(21)16-11-10-15-27(4)17-18-28(6-2)23-20-12-8-9-14-22(20)30-25-23/h7-8,12-13H,5-6,9-11,14-18H2,1-4H3/b13-7-. The third-order valence-electron chi connectivity index (χ3n) is 5.66. The van der Waals surface area contributed by atoms with E-state index in [-0.39, 0.29) is 0 Å². The second-order valence-electron chi connectivity index (χ2n) is 7.97. The fourth-order valence-corrected chi connectivity index (χ4v) is 4.66. The van der Waals surface area contributed by atoms with Crippen molar-refractivity contribution >= 4 is 29.5 Å². The molecule has 6 nitrogen and oxygen atoms in total. The number of likely N-dealkylation sites (N-methyl/N-ethyl adjacent to an activating group) is 2. The third kappa shape index (κ3) is 5.79. The summed E-state index contributed by atoms with van der Waals surface area (Å²) in [5, 5.41) is 8.54. The SMILES string of the molecule is CC/C=C\c1c(C)nnn1CCCCN(C)CCN(CC)c1nsc2c1C=CCC2. The largest absolute Gasteiger partial charge is 0.354 e. The van der Waals surface area contributed by atoms with Crippen LogP contribution in [0.1, 0.15) is 61.4 Å². The molecule has 0 spiro atoms. The second kappa shape index (κ2) is 11.4. The summed E-state index contributed by atoms with van der Waals surface area (Å²) in [6.45, 7) is 11.5. The maximum atomic E-state index is 4.76. The van der Waals surface area contributed by atoms with Crippen molar-refractivity contribution in [2.75, 3.05) is 38.1 Å². The normalized spacial score (nSPS) is 13.5. The Morgan fingerprint density at radius 3 is 2.87 bits per heavy atom. The van der Waals surface area contributed by atoms with E-state index in [2.05, 4.69) is 65.3 Å². The van der Waals surface area contributed by atoms with Crippen molar-refractivity contribution in [3.8, 4) is 0 Å². The Bertz CT molecular complexity index is 850. The quantitative estimate of drug-likeness (QED) is 0.460. The van der Waals surface area contributed by atoms with Crippen LogP contribution in [0, 0.1) is 6.92 Å². The molecular formula is C23H36N6S. The highest BCUT2D eigenvalue weighted by atomic mass is 32.1. The lowest BCUT2D eigenvalue weighted by Crippen LogP contribution is -2.34. The number of fused-ring (bicyclic) bond motifs is 1. The van der Waals surface area contributed by atoms with Gasteiger partial charge in [-0.15, -0.1) is 5.10 Å². The summed E-state index contributed by atoms with van der Waals surface area (Å²) in [5.41, 5.74) is 3.51. The molecule has 1 aliphatic carbocycles. The third-order valence-corrected chi connectivity index (χ3v) is 6.57. The average molecular weight is 429 g/mol. The predicted octanol–water partition coefficient (Wildman–Crippen LogP) is 4.66. The molecule has 0 amide bonds. The van der Waals surface area contributed by atoms with E-state index in [1.165, 1.54) is 16.3 Å². The molecule has 0 aliphatic heterocycles. The number of rotatable bonds is 12. The van der Waals surface area contributed by atoms with Crippen LogP contribution in [0.15, 0.2) is 12.2 Å². The van der Waals surface area contributed by atoms with Crippen molar-refractivity contribution in [1.82, 2.24) is 24.3 Å². The van der Waals surface area contributed by atoms with Gasteiger partial charge in [-0.3, -0.25) is 0 Å². The molecule has 0 saturated heterocycles. The Labute approximate surface area is 185 Å². The van der Waals surface area contributed by atoms with Gasteiger partial charge in [-0.25, -0.2) is 4.68 Å². The van der Waals surface area contributed by atoms with Crippen molar-refractivity contribution in [1.29, 1.82) is 0 Å². The highest BCUT2D eigenvalue weighted by molar-refractivity contribution is 7.06. The van der Waals surface area contributed by atoms with E-state index in [0.717, 1.165) is 76.2 Å². The topological polar surface area (TPSA) is 50.1 Å². The Morgan fingerprint density at radius 2 is 2.07 bits per heavy atom. The van der Waals surface area contributed by atoms with E-state index in [4.69, 9.17) is 4.37 Å². The number of hydrogen-bond acceptors (Lipinski definition) is 6. The summed E-state index contributed by atoms with van der Waals surface area (Å²) >= 11 is 1.68. The van der Waals surface area contributed by atoms with Gasteiger partial charge in [0.25, 0.3) is 0 Å². The predicted molar refractivity (Wildman–Crippen MR) is 128 cm³/mol. The first kappa shape index (κ1) is 22.7. The highest BCUT2D eigenvalue weighted by Gasteiger charge is 2.18. The molecule has 0 bridgehead atoms. The van der Waals surface area contributed by atoms with E-state index in [9.17, 15) is 0 Å². The lowest BCUT2D eigenvalue weighted by molar-refractivity contribution is 0.326. The van der Waals surface area contributed by atoms with Gasteiger partial charge in [0.1, 0.15) is 5.82 Å². The molecule has 2 heterocycles. The fourth-order valence-electron chi connectivity index (χ4n) is 3.78. The molecule has 2 aromatic heterocycles. The van der Waals surface area contributed by atoms with E-state index in [0.29, 0.717) is 0 Å². The smallest absolute Gasteiger partial charge is 0.149 e. The van der Waals surface area contributed by atoms with E-state index >= 15 is 0 Å². The number of unbranched alkanes of at least 4 members (excludes halogenated alkanes) is 1. The summed E-state index contributed by atoms with van der Waals surface area (Å²) in [5.74, 6) is 1.18. The number of aryl methyl sites for hydroxylation is 3. The molecule has 0 aromatic carbocycles. The molecule has 164 valence electrons. The second-order valence-corrected chi connectivity index (χ2v) is 8.83. The molecule has 0 saturated carbocycles. The van der Waals surface area contributed by atoms with Crippen molar-refractivity contribution in [2.45, 2.75) is 59.4 Å². The first-order chi connectivity index (χ1) is 14.6. The van der Waals surface area contributed by atoms with Gasteiger partial charge in [0.2, 0.25) is 0 Å². The summed E-state index contributed by atoms with van der Waals surface area (Å²) < 4.78 is 6.80. The van der Waals surface area contributed by atoms with Gasteiger partial charge in [0.05, 0.1) is 11.4 Å². The van der Waals surface area contributed by atoms with Crippen LogP contribution in [0.4, 0.5) is 5.82 Å². The van der Waals surface area contributed by atoms with Crippen LogP contribution in [0.5, 0.6) is 0 Å². The molecule has 7 heteroatoms. The Morgan fingerprint density at radius 1 is 1.20 bits per heavy atom. The van der Waals surface area contributed by atoms with Gasteiger partial charge >= 0.3 is 0 Å². The Balaban J connectivity index is 1.42. The number of nitrogens with zero attached hydrogens (tertiary/aromatic N) is 6. The zero-order chi connectivity index (χ0) is 21.3. The lowest BCUT2D eigenvalue weighted by atomic mass is 10.1. The summed E-state index contributed by atoms with van der Waals surface area (Å²) in [7, 11) is 2.22. The molecule has 3 rings (SSSR count). The Kier molecular flexibility index (Phi) is 8.63. The molecule has 0 unspecified atom stereocenters. The van der Waals surface area contributed by atoms with Gasteiger partial charge in [-0.05, 0) is 77.2 Å². The van der Waals surface area contributed by atoms with Crippen molar-refractivity contribution in [2.24, 2.45) is 0 Å². The van der Waals surface area contributed by atoms with Crippen molar-refractivity contribution in [3.63, 3.8) is 0 Å². The molecular weight excluding hydrogens is 392 g/mol. The molecule has 0 fully saturated rings. The van der Waals surface area contributed by atoms with Crippen LogP contribution in [0.2, 0.25) is 0 Å². The van der Waals surface area contributed by atoms with Gasteiger partial charge in [-0.2, -0.15) is 4.37 Å². The number of hydrogen-bond donors (Lipinski definition) is 0. The van der Waals surface area contributed by atoms with Crippen molar-refractivity contribution in [3.05, 3.63) is 34.0 Å². The molecule has 30 heavy (non-hydrogen) atoms. The number of anilines is 1. The summed E-state index contributed by atoms with van der Waals surface area (Å²) in [6.07, 6.45) is 14.5. The van der Waals surface area contributed by atoms with Crippen LogP contribution < -0.4 is 4.90 Å². The van der Waals surface area contributed by atoms with Crippen LogP contribution in [0.3, 0.4) is 0 Å². The monoisotopic (exact) mass is 428 g/mol. The van der Waals surface area contributed by atoms with Crippen molar-refractivity contribution < 1.29 is 0 Å². The minimum atomic E-state index is 0.927. The molecule has 2 aromatic rings. The van der Waals surface area contributed by atoms with Crippen LogP contribution in [-0.4, -0.2) is 57.5 Å². The first-order valence-corrected chi connectivity index (χ1v) is 12.1. The minimum absolute atomic E-state index is 0.927. The maximum absolute atomic E-state index is 4.76. The zero-order valence-electron chi connectivity index (χ0n) is 19.0. The molecule has 1 aliphatic rings. The van der Waals surface area contributed by atoms with Gasteiger partial charge in [0.15, 0.2) is 0 Å². The zero-order valence-corrected chi connectivity index (χ0v) is 19.8. The minimum Gasteiger partial charge on any atom is -0.354 e. The Hall–Kier alpha value is -1.99. The van der Waals surface area contributed by atoms with Gasteiger partial charge in [0, 0.05) is 36.6 Å². The fraction of sp³-hybridized carbons (Fsp3) is 0.609. The van der Waals surface area contributed by atoms with E-state index in [1.807, 2.05) is 11.6 Å². The highest BCUT2D eigenvalue weighted by Crippen LogP contribution is 2.31. The molecule has 0 N–H and O–H groups in total. The van der Waals surface area contributed by atoms with E-state index in [1.54, 1.807) is 11.5 Å². The number of aromatic nitrogens is 4. The first-order valence-electron chi connectivity index (χ1n) is 11.3. The van der Waals surface area contributed by atoms with Gasteiger partial charge in [-0.1, -0.05) is 30.4 Å². The lowest BCUT2D eigenvalue weighted by Gasteiger charge is -2.25. The average Bonchev–Trinajstić information content (AvgIpc) is 3.34. The summed E-state index contributed by atoms with van der Waals surface area (Å²) in [4.78, 5) is 6.30. The summed E-state index contributed by atoms with van der Waals surface area (Å²) in [6, 6.07) is 0. The number of allylic oxidation sites excluding steroid dienone is 2. The van der Waals surface area contributed by atoms with E-state index < -0.39 is 0 Å². The van der Waals surface area contributed by atoms with Gasteiger partial charge < -0.3 is 9.80 Å². The maximum Gasteiger partial charge on any atom is 0.149 e. The molecule has 0 atom stereocenters.